The number of aryl methyl sites for hydroxylation is 1. The van der Waals surface area contributed by atoms with E-state index in [1.807, 2.05) is 0 Å². The predicted octanol–water partition coefficient (Wildman–Crippen LogP) is 3.94. The Morgan fingerprint density at radius 2 is 2.12 bits per heavy atom. The molecule has 0 bridgehead atoms. The van der Waals surface area contributed by atoms with Crippen molar-refractivity contribution in [3.8, 4) is 0 Å². The lowest BCUT2D eigenvalue weighted by Crippen LogP contribution is -2.26. The van der Waals surface area contributed by atoms with Crippen LogP contribution in [0.2, 0.25) is 5.02 Å². The van der Waals surface area contributed by atoms with Crippen LogP contribution in [0.4, 0.5) is 0 Å². The molecule has 2 aromatic rings. The molecule has 1 unspecified atom stereocenters. The van der Waals surface area contributed by atoms with Crippen LogP contribution in [0.15, 0.2) is 18.2 Å². The Morgan fingerprint density at radius 3 is 2.88 bits per heavy atom. The second-order valence-corrected chi connectivity index (χ2v) is 5.32. The second-order valence-electron chi connectivity index (χ2n) is 4.92. The SMILES string of the molecule is Cc1cc2cc(Cl)c(C3CCCCN3)cc2[nH]1. The zero-order valence-corrected chi connectivity index (χ0v) is 10.8. The van der Waals surface area contributed by atoms with Gasteiger partial charge < -0.3 is 10.3 Å². The van der Waals surface area contributed by atoms with Crippen molar-refractivity contribution in [3.63, 3.8) is 0 Å². The van der Waals surface area contributed by atoms with Crippen molar-refractivity contribution >= 4 is 22.5 Å². The van der Waals surface area contributed by atoms with Gasteiger partial charge in [0, 0.05) is 27.7 Å². The number of aromatic amines is 1. The van der Waals surface area contributed by atoms with Crippen LogP contribution in [0, 0.1) is 6.92 Å². The quantitative estimate of drug-likeness (QED) is 0.786. The van der Waals surface area contributed by atoms with E-state index >= 15 is 0 Å². The number of nitrogens with one attached hydrogen (secondary N) is 2. The summed E-state index contributed by atoms with van der Waals surface area (Å²) in [6.45, 7) is 3.18. The summed E-state index contributed by atoms with van der Waals surface area (Å²) in [5.41, 5.74) is 3.61. The molecule has 1 fully saturated rings. The molecule has 0 spiro atoms. The lowest BCUT2D eigenvalue weighted by molar-refractivity contribution is 0.412. The van der Waals surface area contributed by atoms with Gasteiger partial charge in [0.1, 0.15) is 0 Å². The van der Waals surface area contributed by atoms with E-state index in [1.54, 1.807) is 0 Å². The Bertz CT molecular complexity index is 538. The molecule has 2 heterocycles. The van der Waals surface area contributed by atoms with E-state index in [2.05, 4.69) is 35.4 Å². The van der Waals surface area contributed by atoms with Gasteiger partial charge in [0.2, 0.25) is 0 Å². The zero-order chi connectivity index (χ0) is 11.8. The monoisotopic (exact) mass is 248 g/mol. The van der Waals surface area contributed by atoms with Crippen molar-refractivity contribution < 1.29 is 0 Å². The molecule has 90 valence electrons. The molecule has 1 saturated heterocycles. The highest BCUT2D eigenvalue weighted by atomic mass is 35.5. The molecular formula is C14H17ClN2. The minimum Gasteiger partial charge on any atom is -0.359 e. The Kier molecular flexibility index (Phi) is 2.85. The number of hydrogen-bond donors (Lipinski definition) is 2. The molecule has 0 amide bonds. The van der Waals surface area contributed by atoms with Crippen molar-refractivity contribution in [1.82, 2.24) is 10.3 Å². The largest absolute Gasteiger partial charge is 0.359 e. The molecule has 0 saturated carbocycles. The maximum absolute atomic E-state index is 6.39. The molecule has 1 aromatic heterocycles. The standard InChI is InChI=1S/C14H17ClN2/c1-9-6-10-7-12(15)11(8-14(10)17-9)13-4-2-3-5-16-13/h6-8,13,16-17H,2-5H2,1H3. The molecule has 3 rings (SSSR count). The van der Waals surface area contributed by atoms with Gasteiger partial charge >= 0.3 is 0 Å². The number of benzene rings is 1. The summed E-state index contributed by atoms with van der Waals surface area (Å²) >= 11 is 6.39. The van der Waals surface area contributed by atoms with Crippen LogP contribution in [0.1, 0.15) is 36.6 Å². The summed E-state index contributed by atoms with van der Waals surface area (Å²) in [6.07, 6.45) is 3.75. The van der Waals surface area contributed by atoms with Crippen molar-refractivity contribution in [3.05, 3.63) is 34.5 Å². The summed E-state index contributed by atoms with van der Waals surface area (Å²) in [4.78, 5) is 3.38. The lowest BCUT2D eigenvalue weighted by atomic mass is 9.97. The third-order valence-electron chi connectivity index (χ3n) is 3.56. The molecule has 0 aliphatic carbocycles. The van der Waals surface area contributed by atoms with Crippen molar-refractivity contribution in [2.45, 2.75) is 32.2 Å². The average Bonchev–Trinajstić information content (AvgIpc) is 2.68. The Hall–Kier alpha value is -0.990. The minimum absolute atomic E-state index is 0.421. The van der Waals surface area contributed by atoms with Crippen molar-refractivity contribution in [2.24, 2.45) is 0 Å². The number of H-pyrrole nitrogens is 1. The fraction of sp³-hybridized carbons (Fsp3) is 0.429. The Labute approximate surface area is 106 Å². The molecule has 1 aliphatic rings. The highest BCUT2D eigenvalue weighted by Crippen LogP contribution is 2.32. The fourth-order valence-corrected chi connectivity index (χ4v) is 3.00. The number of aromatic nitrogens is 1. The Balaban J connectivity index is 2.05. The summed E-state index contributed by atoms with van der Waals surface area (Å²) in [5.74, 6) is 0. The third-order valence-corrected chi connectivity index (χ3v) is 3.89. The number of fused-ring (bicyclic) bond motifs is 1. The number of piperidine rings is 1. The van der Waals surface area contributed by atoms with Gasteiger partial charge in [-0.15, -0.1) is 0 Å². The van der Waals surface area contributed by atoms with E-state index in [0.29, 0.717) is 6.04 Å². The number of halogens is 1. The first-order chi connectivity index (χ1) is 8.24. The van der Waals surface area contributed by atoms with Gasteiger partial charge in [0.05, 0.1) is 0 Å². The van der Waals surface area contributed by atoms with Crippen LogP contribution < -0.4 is 5.32 Å². The fourth-order valence-electron chi connectivity index (χ4n) is 2.70. The van der Waals surface area contributed by atoms with Gasteiger partial charge in [-0.3, -0.25) is 0 Å². The van der Waals surface area contributed by atoms with E-state index in [1.165, 1.54) is 41.4 Å². The van der Waals surface area contributed by atoms with Crippen LogP contribution >= 0.6 is 11.6 Å². The van der Waals surface area contributed by atoms with E-state index < -0.39 is 0 Å². The van der Waals surface area contributed by atoms with Crippen LogP contribution in [-0.2, 0) is 0 Å². The predicted molar refractivity (Wildman–Crippen MR) is 72.6 cm³/mol. The van der Waals surface area contributed by atoms with Crippen LogP contribution in [0.5, 0.6) is 0 Å². The molecule has 2 nitrogen and oxygen atoms in total. The first kappa shape index (κ1) is 11.1. The Morgan fingerprint density at radius 1 is 1.24 bits per heavy atom. The van der Waals surface area contributed by atoms with Crippen LogP contribution in [0.25, 0.3) is 10.9 Å². The lowest BCUT2D eigenvalue weighted by Gasteiger charge is -2.24. The molecule has 2 N–H and O–H groups in total. The van der Waals surface area contributed by atoms with Crippen LogP contribution in [0.3, 0.4) is 0 Å². The van der Waals surface area contributed by atoms with Gasteiger partial charge in [0.15, 0.2) is 0 Å². The smallest absolute Gasteiger partial charge is 0.0461 e. The maximum Gasteiger partial charge on any atom is 0.0461 e. The molecule has 0 radical (unpaired) electrons. The highest BCUT2D eigenvalue weighted by Gasteiger charge is 2.18. The molecule has 3 heteroatoms. The number of rotatable bonds is 1. The average molecular weight is 249 g/mol. The molecular weight excluding hydrogens is 232 g/mol. The van der Waals surface area contributed by atoms with Gasteiger partial charge in [-0.2, -0.15) is 0 Å². The third kappa shape index (κ3) is 2.07. The van der Waals surface area contributed by atoms with E-state index in [4.69, 9.17) is 11.6 Å². The van der Waals surface area contributed by atoms with Gasteiger partial charge in [-0.1, -0.05) is 18.0 Å². The molecule has 17 heavy (non-hydrogen) atoms. The highest BCUT2D eigenvalue weighted by molar-refractivity contribution is 6.32. The van der Waals surface area contributed by atoms with Gasteiger partial charge in [-0.25, -0.2) is 0 Å². The van der Waals surface area contributed by atoms with Gasteiger partial charge in [0.25, 0.3) is 0 Å². The zero-order valence-electron chi connectivity index (χ0n) is 10.0. The number of hydrogen-bond acceptors (Lipinski definition) is 1. The summed E-state index contributed by atoms with van der Waals surface area (Å²) in [5, 5.41) is 5.64. The van der Waals surface area contributed by atoms with Crippen molar-refractivity contribution in [2.75, 3.05) is 6.54 Å². The summed E-state index contributed by atoms with van der Waals surface area (Å²) < 4.78 is 0. The van der Waals surface area contributed by atoms with Crippen LogP contribution in [-0.4, -0.2) is 11.5 Å². The first-order valence-corrected chi connectivity index (χ1v) is 6.64. The summed E-state index contributed by atoms with van der Waals surface area (Å²) in [7, 11) is 0. The molecule has 1 aromatic carbocycles. The topological polar surface area (TPSA) is 27.8 Å². The molecule has 1 atom stereocenters. The maximum atomic E-state index is 6.39. The molecule has 1 aliphatic heterocycles. The van der Waals surface area contributed by atoms with Crippen molar-refractivity contribution in [1.29, 1.82) is 0 Å². The summed E-state index contributed by atoms with van der Waals surface area (Å²) in [6, 6.07) is 6.84. The van der Waals surface area contributed by atoms with Gasteiger partial charge in [-0.05, 0) is 50.1 Å². The first-order valence-electron chi connectivity index (χ1n) is 6.26. The van der Waals surface area contributed by atoms with E-state index in [-0.39, 0.29) is 0 Å². The normalized spacial score (nSPS) is 20.9. The van der Waals surface area contributed by atoms with E-state index in [0.717, 1.165) is 11.6 Å². The minimum atomic E-state index is 0.421. The van der Waals surface area contributed by atoms with E-state index in [9.17, 15) is 0 Å². The second kappa shape index (κ2) is 4.35.